The van der Waals surface area contributed by atoms with Crippen molar-refractivity contribution in [2.24, 2.45) is 0 Å². The highest BCUT2D eigenvalue weighted by atomic mass is 16.5. The van der Waals surface area contributed by atoms with Gasteiger partial charge in [0.05, 0.1) is 17.8 Å². The molecule has 0 bridgehead atoms. The fourth-order valence-corrected chi connectivity index (χ4v) is 4.34. The third-order valence-electron chi connectivity index (χ3n) is 6.00. The number of nitrogens with one attached hydrogen (secondary N) is 2. The van der Waals surface area contributed by atoms with Crippen LogP contribution in [0.1, 0.15) is 18.4 Å². The number of H-pyrrole nitrogens is 1. The van der Waals surface area contributed by atoms with Crippen molar-refractivity contribution in [2.45, 2.75) is 19.3 Å². The van der Waals surface area contributed by atoms with Crippen LogP contribution in [0.5, 0.6) is 5.75 Å². The van der Waals surface area contributed by atoms with Crippen molar-refractivity contribution >= 4 is 28.4 Å². The Kier molecular flexibility index (Phi) is 5.38. The summed E-state index contributed by atoms with van der Waals surface area (Å²) in [7, 11) is 0. The van der Waals surface area contributed by atoms with Gasteiger partial charge in [-0.3, -0.25) is 14.7 Å². The second kappa shape index (κ2) is 8.47. The highest BCUT2D eigenvalue weighted by Crippen LogP contribution is 2.28. The molecule has 3 heterocycles. The first kappa shape index (κ1) is 19.7. The molecule has 0 unspecified atom stereocenters. The number of fused-ring (bicyclic) bond motifs is 2. The van der Waals surface area contributed by atoms with Gasteiger partial charge in [-0.2, -0.15) is 0 Å². The highest BCUT2D eigenvalue weighted by molar-refractivity contribution is 5.94. The molecule has 2 aliphatic rings. The number of ether oxygens (including phenoxy) is 1. The molecule has 31 heavy (non-hydrogen) atoms. The van der Waals surface area contributed by atoms with Gasteiger partial charge in [0.15, 0.2) is 5.58 Å². The van der Waals surface area contributed by atoms with E-state index in [1.807, 2.05) is 36.4 Å². The number of anilines is 2. The zero-order valence-electron chi connectivity index (χ0n) is 17.4. The molecule has 1 saturated heterocycles. The van der Waals surface area contributed by atoms with Gasteiger partial charge in [-0.1, -0.05) is 12.1 Å². The number of aryl methyl sites for hydroxylation is 1. The minimum Gasteiger partial charge on any atom is -0.493 e. The van der Waals surface area contributed by atoms with Crippen LogP contribution in [0.25, 0.3) is 11.1 Å². The normalized spacial score (nSPS) is 16.9. The molecule has 0 radical (unpaired) electrons. The van der Waals surface area contributed by atoms with E-state index >= 15 is 0 Å². The average Bonchev–Trinajstić information content (AvgIpc) is 3.17. The molecule has 8 nitrogen and oxygen atoms in total. The van der Waals surface area contributed by atoms with Crippen LogP contribution in [0, 0.1) is 0 Å². The quantitative estimate of drug-likeness (QED) is 0.594. The molecule has 1 fully saturated rings. The van der Waals surface area contributed by atoms with Crippen LogP contribution < -0.4 is 20.7 Å². The molecule has 1 amide bonds. The average molecular weight is 422 g/mol. The summed E-state index contributed by atoms with van der Waals surface area (Å²) in [6, 6.07) is 11.7. The Hall–Kier alpha value is -3.26. The predicted molar refractivity (Wildman–Crippen MR) is 119 cm³/mol. The zero-order valence-corrected chi connectivity index (χ0v) is 17.4. The molecule has 0 saturated carbocycles. The van der Waals surface area contributed by atoms with E-state index in [0.29, 0.717) is 18.6 Å². The number of oxazole rings is 1. The monoisotopic (exact) mass is 422 g/mol. The lowest BCUT2D eigenvalue weighted by Crippen LogP contribution is -2.46. The van der Waals surface area contributed by atoms with Crippen LogP contribution in [0.15, 0.2) is 45.6 Å². The number of amides is 1. The lowest BCUT2D eigenvalue weighted by molar-refractivity contribution is -0.116. The summed E-state index contributed by atoms with van der Waals surface area (Å²) in [5.74, 6) is 0.452. The van der Waals surface area contributed by atoms with Crippen molar-refractivity contribution in [3.05, 3.63) is 52.5 Å². The fourth-order valence-electron chi connectivity index (χ4n) is 4.34. The number of benzene rings is 2. The van der Waals surface area contributed by atoms with E-state index in [-0.39, 0.29) is 5.91 Å². The summed E-state index contributed by atoms with van der Waals surface area (Å²) < 4.78 is 11.2. The Labute approximate surface area is 179 Å². The van der Waals surface area contributed by atoms with Crippen LogP contribution in [0.3, 0.4) is 0 Å². The highest BCUT2D eigenvalue weighted by Gasteiger charge is 2.20. The Morgan fingerprint density at radius 1 is 1.03 bits per heavy atom. The van der Waals surface area contributed by atoms with Gasteiger partial charge in [-0.15, -0.1) is 0 Å². The zero-order chi connectivity index (χ0) is 21.2. The summed E-state index contributed by atoms with van der Waals surface area (Å²) in [5, 5.41) is 2.91. The number of hydrogen-bond donors (Lipinski definition) is 2. The van der Waals surface area contributed by atoms with Crippen molar-refractivity contribution < 1.29 is 13.9 Å². The summed E-state index contributed by atoms with van der Waals surface area (Å²) in [5.41, 5.74) is 4.38. The first-order chi connectivity index (χ1) is 15.2. The van der Waals surface area contributed by atoms with Crippen LogP contribution in [-0.2, 0) is 11.2 Å². The number of aromatic nitrogens is 1. The SMILES string of the molecule is O=C1CCc2ccc(OCCCN3CCN(c4cccc5[nH]c(=O)oc45)CC3)cc2N1. The van der Waals surface area contributed by atoms with Crippen LogP contribution in [0.4, 0.5) is 11.4 Å². The number of nitrogens with zero attached hydrogens (tertiary/aromatic N) is 2. The molecule has 2 aliphatic heterocycles. The Morgan fingerprint density at radius 3 is 2.77 bits per heavy atom. The molecular formula is C23H26N4O4. The molecule has 8 heteroatoms. The predicted octanol–water partition coefficient (Wildman–Crippen LogP) is 2.60. The molecule has 2 N–H and O–H groups in total. The fraction of sp³-hybridized carbons (Fsp3) is 0.391. The number of carbonyl (C=O) groups is 1. The minimum absolute atomic E-state index is 0.0682. The lowest BCUT2D eigenvalue weighted by atomic mass is 10.0. The number of carbonyl (C=O) groups excluding carboxylic acids is 1. The van der Waals surface area contributed by atoms with Crippen LogP contribution in [0.2, 0.25) is 0 Å². The van der Waals surface area contributed by atoms with Gasteiger partial charge in [0.25, 0.3) is 0 Å². The first-order valence-corrected chi connectivity index (χ1v) is 10.8. The van der Waals surface area contributed by atoms with E-state index < -0.39 is 5.76 Å². The van der Waals surface area contributed by atoms with Gasteiger partial charge in [-0.25, -0.2) is 4.79 Å². The summed E-state index contributed by atoms with van der Waals surface area (Å²) in [4.78, 5) is 30.5. The van der Waals surface area contributed by atoms with Gasteiger partial charge in [0.2, 0.25) is 5.91 Å². The number of rotatable bonds is 6. The van der Waals surface area contributed by atoms with Crippen molar-refractivity contribution in [3.8, 4) is 5.75 Å². The number of aromatic amines is 1. The smallest absolute Gasteiger partial charge is 0.417 e. The maximum absolute atomic E-state index is 11.6. The third-order valence-corrected chi connectivity index (χ3v) is 6.00. The Bertz CT molecular complexity index is 1140. The van der Waals surface area contributed by atoms with E-state index in [9.17, 15) is 9.59 Å². The number of hydrogen-bond acceptors (Lipinski definition) is 6. The molecule has 1 aromatic heterocycles. The molecule has 0 spiro atoms. The number of para-hydroxylation sites is 1. The minimum atomic E-state index is -0.414. The maximum atomic E-state index is 11.6. The van der Waals surface area contributed by atoms with Crippen molar-refractivity contribution in [1.29, 1.82) is 0 Å². The van der Waals surface area contributed by atoms with Crippen molar-refractivity contribution in [2.75, 3.05) is 49.5 Å². The van der Waals surface area contributed by atoms with E-state index in [1.54, 1.807) is 0 Å². The van der Waals surface area contributed by atoms with E-state index in [2.05, 4.69) is 20.1 Å². The lowest BCUT2D eigenvalue weighted by Gasteiger charge is -2.36. The molecule has 2 aromatic carbocycles. The third kappa shape index (κ3) is 4.29. The molecule has 3 aromatic rings. The Morgan fingerprint density at radius 2 is 1.90 bits per heavy atom. The molecule has 0 aliphatic carbocycles. The summed E-state index contributed by atoms with van der Waals surface area (Å²) >= 11 is 0. The number of piperazine rings is 1. The van der Waals surface area contributed by atoms with Crippen LogP contribution >= 0.6 is 0 Å². The second-order valence-electron chi connectivity index (χ2n) is 8.07. The van der Waals surface area contributed by atoms with E-state index in [0.717, 1.165) is 68.2 Å². The van der Waals surface area contributed by atoms with Gasteiger partial charge in [0.1, 0.15) is 5.75 Å². The van der Waals surface area contributed by atoms with Crippen molar-refractivity contribution in [3.63, 3.8) is 0 Å². The molecule has 5 rings (SSSR count). The second-order valence-corrected chi connectivity index (χ2v) is 8.07. The van der Waals surface area contributed by atoms with Gasteiger partial charge in [0, 0.05) is 50.9 Å². The molecular weight excluding hydrogens is 396 g/mol. The van der Waals surface area contributed by atoms with Gasteiger partial charge < -0.3 is 19.4 Å². The standard InChI is InChI=1S/C23H26N4O4/c28-21-8-6-16-5-7-17(15-19(16)24-21)30-14-2-9-26-10-12-27(13-11-26)20-4-1-3-18-22(20)31-23(29)25-18/h1,3-5,7,15H,2,6,8-14H2,(H,24,28)(H,25,29). The molecule has 0 atom stereocenters. The van der Waals surface area contributed by atoms with E-state index in [4.69, 9.17) is 9.15 Å². The van der Waals surface area contributed by atoms with E-state index in [1.165, 1.54) is 5.56 Å². The van der Waals surface area contributed by atoms with Crippen LogP contribution in [-0.4, -0.2) is 55.1 Å². The van der Waals surface area contributed by atoms with Gasteiger partial charge >= 0.3 is 5.76 Å². The van der Waals surface area contributed by atoms with Gasteiger partial charge in [-0.05, 0) is 36.6 Å². The molecule has 162 valence electrons. The summed E-state index contributed by atoms with van der Waals surface area (Å²) in [6.07, 6.45) is 2.28. The largest absolute Gasteiger partial charge is 0.493 e. The maximum Gasteiger partial charge on any atom is 0.417 e. The van der Waals surface area contributed by atoms with Crippen molar-refractivity contribution in [1.82, 2.24) is 9.88 Å². The summed E-state index contributed by atoms with van der Waals surface area (Å²) in [6.45, 7) is 5.30. The Balaban J connectivity index is 1.09. The topological polar surface area (TPSA) is 90.8 Å². The first-order valence-electron chi connectivity index (χ1n) is 10.8.